The van der Waals surface area contributed by atoms with Crippen molar-refractivity contribution in [2.75, 3.05) is 36.0 Å². The third-order valence-electron chi connectivity index (χ3n) is 5.18. The second kappa shape index (κ2) is 7.12. The summed E-state index contributed by atoms with van der Waals surface area (Å²) in [6.07, 6.45) is 3.35. The average Bonchev–Trinajstić information content (AvgIpc) is 3.20. The van der Waals surface area contributed by atoms with E-state index < -0.39 is 0 Å². The highest BCUT2D eigenvalue weighted by molar-refractivity contribution is 5.58. The number of H-pyrrole nitrogens is 1. The highest BCUT2D eigenvalue weighted by Crippen LogP contribution is 2.23. The van der Waals surface area contributed by atoms with E-state index in [1.807, 2.05) is 18.3 Å². The van der Waals surface area contributed by atoms with Crippen LogP contribution in [0.5, 0.6) is 0 Å². The lowest BCUT2D eigenvalue weighted by Gasteiger charge is -2.37. The highest BCUT2D eigenvalue weighted by Gasteiger charge is 2.18. The number of nitriles is 1. The van der Waals surface area contributed by atoms with Crippen LogP contribution in [0.15, 0.2) is 42.7 Å². The number of nitrogens with zero attached hydrogens (tertiary/aromatic N) is 5. The molecule has 0 radical (unpaired) electrons. The van der Waals surface area contributed by atoms with Crippen molar-refractivity contribution in [3.05, 3.63) is 59.5 Å². The number of aryl methyl sites for hydroxylation is 2. The van der Waals surface area contributed by atoms with Crippen LogP contribution in [0.3, 0.4) is 0 Å². The molecule has 2 aromatic heterocycles. The normalized spacial score (nSPS) is 14.3. The van der Waals surface area contributed by atoms with E-state index in [-0.39, 0.29) is 0 Å². The van der Waals surface area contributed by atoms with Gasteiger partial charge in [0.05, 0.1) is 6.20 Å². The summed E-state index contributed by atoms with van der Waals surface area (Å²) in [6, 6.07) is 12.8. The predicted octanol–water partition coefficient (Wildman–Crippen LogP) is 3.29. The fraction of sp³-hybridized carbons (Fsp3) is 0.286. The highest BCUT2D eigenvalue weighted by atomic mass is 15.3. The van der Waals surface area contributed by atoms with Crippen molar-refractivity contribution in [1.82, 2.24) is 15.0 Å². The lowest BCUT2D eigenvalue weighted by Crippen LogP contribution is -2.46. The second-order valence-corrected chi connectivity index (χ2v) is 6.91. The molecule has 0 aliphatic carbocycles. The lowest BCUT2D eigenvalue weighted by molar-refractivity contribution is 0.647. The number of imidazole rings is 1. The standard InChI is InChI=1S/C21H22N6/c1-15-3-5-19(11-16(15)2)26-7-9-27(10-8-26)20-6-4-17(13-23-20)21-24-14-18(12-22)25-21/h3-6,11,13-14H,7-10H2,1-2H3,(H,24,25). The Morgan fingerprint density at radius 2 is 1.70 bits per heavy atom. The molecule has 3 heterocycles. The zero-order valence-corrected chi connectivity index (χ0v) is 15.6. The van der Waals surface area contributed by atoms with Crippen molar-refractivity contribution >= 4 is 11.5 Å². The van der Waals surface area contributed by atoms with Gasteiger partial charge in [0, 0.05) is 43.6 Å². The van der Waals surface area contributed by atoms with Gasteiger partial charge in [0.1, 0.15) is 23.4 Å². The van der Waals surface area contributed by atoms with Crippen LogP contribution in [0, 0.1) is 25.2 Å². The molecule has 1 N–H and O–H groups in total. The molecule has 6 nitrogen and oxygen atoms in total. The molecule has 0 spiro atoms. The fourth-order valence-electron chi connectivity index (χ4n) is 3.35. The number of aromatic amines is 1. The smallest absolute Gasteiger partial charge is 0.139 e. The minimum atomic E-state index is 0.455. The van der Waals surface area contributed by atoms with E-state index in [0.29, 0.717) is 11.5 Å². The van der Waals surface area contributed by atoms with Gasteiger partial charge in [-0.15, -0.1) is 0 Å². The molecule has 1 fully saturated rings. The van der Waals surface area contributed by atoms with Gasteiger partial charge < -0.3 is 14.8 Å². The number of pyridine rings is 1. The van der Waals surface area contributed by atoms with Crippen LogP contribution in [-0.2, 0) is 0 Å². The fourth-order valence-corrected chi connectivity index (χ4v) is 3.35. The van der Waals surface area contributed by atoms with Crippen LogP contribution in [0.2, 0.25) is 0 Å². The minimum absolute atomic E-state index is 0.455. The topological polar surface area (TPSA) is 71.8 Å². The van der Waals surface area contributed by atoms with E-state index in [2.05, 4.69) is 62.9 Å². The molecule has 6 heteroatoms. The molecule has 1 aromatic carbocycles. The molecule has 1 aliphatic heterocycles. The summed E-state index contributed by atoms with van der Waals surface area (Å²) in [7, 11) is 0. The van der Waals surface area contributed by atoms with Gasteiger partial charge in [0.25, 0.3) is 0 Å². The van der Waals surface area contributed by atoms with Crippen LogP contribution in [0.4, 0.5) is 11.5 Å². The molecule has 0 bridgehead atoms. The van der Waals surface area contributed by atoms with E-state index in [1.54, 1.807) is 0 Å². The Labute approximate surface area is 159 Å². The number of hydrogen-bond acceptors (Lipinski definition) is 5. The van der Waals surface area contributed by atoms with Crippen LogP contribution in [-0.4, -0.2) is 41.1 Å². The second-order valence-electron chi connectivity index (χ2n) is 6.91. The van der Waals surface area contributed by atoms with Crippen LogP contribution in [0.25, 0.3) is 11.4 Å². The van der Waals surface area contributed by atoms with Gasteiger partial charge in [-0.25, -0.2) is 9.97 Å². The number of aromatic nitrogens is 3. The first kappa shape index (κ1) is 17.1. The number of anilines is 2. The molecule has 4 rings (SSSR count). The van der Waals surface area contributed by atoms with Gasteiger partial charge in [-0.1, -0.05) is 6.07 Å². The first-order chi connectivity index (χ1) is 13.1. The van der Waals surface area contributed by atoms with E-state index in [4.69, 9.17) is 5.26 Å². The average molecular weight is 358 g/mol. The maximum absolute atomic E-state index is 8.90. The molecule has 0 unspecified atom stereocenters. The Kier molecular flexibility index (Phi) is 4.51. The number of hydrogen-bond donors (Lipinski definition) is 1. The van der Waals surface area contributed by atoms with Crippen molar-refractivity contribution in [3.8, 4) is 17.5 Å². The van der Waals surface area contributed by atoms with Crippen molar-refractivity contribution in [1.29, 1.82) is 5.26 Å². The molecule has 0 amide bonds. The maximum Gasteiger partial charge on any atom is 0.139 e. The maximum atomic E-state index is 8.90. The van der Waals surface area contributed by atoms with Crippen LogP contribution in [0.1, 0.15) is 16.8 Å². The minimum Gasteiger partial charge on any atom is -0.368 e. The van der Waals surface area contributed by atoms with Crippen molar-refractivity contribution in [3.63, 3.8) is 0 Å². The van der Waals surface area contributed by atoms with Gasteiger partial charge in [0.15, 0.2) is 0 Å². The van der Waals surface area contributed by atoms with E-state index in [0.717, 1.165) is 37.6 Å². The Morgan fingerprint density at radius 1 is 0.926 bits per heavy atom. The molecule has 27 heavy (non-hydrogen) atoms. The van der Waals surface area contributed by atoms with E-state index in [9.17, 15) is 0 Å². The molecule has 1 saturated heterocycles. The number of rotatable bonds is 3. The molecule has 1 aliphatic rings. The third-order valence-corrected chi connectivity index (χ3v) is 5.18. The summed E-state index contributed by atoms with van der Waals surface area (Å²) < 4.78 is 0. The van der Waals surface area contributed by atoms with Gasteiger partial charge in [-0.3, -0.25) is 0 Å². The monoisotopic (exact) mass is 358 g/mol. The van der Waals surface area contributed by atoms with E-state index in [1.165, 1.54) is 23.0 Å². The third kappa shape index (κ3) is 3.49. The first-order valence-electron chi connectivity index (χ1n) is 9.13. The molecular formula is C21H22N6. The van der Waals surface area contributed by atoms with Crippen LogP contribution >= 0.6 is 0 Å². The summed E-state index contributed by atoms with van der Waals surface area (Å²) in [5, 5.41) is 8.90. The molecule has 3 aromatic rings. The van der Waals surface area contributed by atoms with Crippen molar-refractivity contribution < 1.29 is 0 Å². The zero-order chi connectivity index (χ0) is 18.8. The van der Waals surface area contributed by atoms with E-state index >= 15 is 0 Å². The largest absolute Gasteiger partial charge is 0.368 e. The van der Waals surface area contributed by atoms with Crippen molar-refractivity contribution in [2.24, 2.45) is 0 Å². The predicted molar refractivity (Wildman–Crippen MR) is 107 cm³/mol. The number of piperazine rings is 1. The SMILES string of the molecule is Cc1ccc(N2CCN(c3ccc(-c4ncc(C#N)[nH]4)cn3)CC2)cc1C. The number of nitrogens with one attached hydrogen (secondary N) is 1. The Hall–Kier alpha value is -3.33. The summed E-state index contributed by atoms with van der Waals surface area (Å²) in [6.45, 7) is 8.16. The molecular weight excluding hydrogens is 336 g/mol. The zero-order valence-electron chi connectivity index (χ0n) is 15.6. The molecule has 0 atom stereocenters. The summed E-state index contributed by atoms with van der Waals surface area (Å²) in [4.78, 5) is 16.5. The molecule has 136 valence electrons. The van der Waals surface area contributed by atoms with Crippen molar-refractivity contribution in [2.45, 2.75) is 13.8 Å². The van der Waals surface area contributed by atoms with Gasteiger partial charge in [-0.05, 0) is 49.2 Å². The molecule has 0 saturated carbocycles. The lowest BCUT2D eigenvalue weighted by atomic mass is 10.1. The Balaban J connectivity index is 1.42. The summed E-state index contributed by atoms with van der Waals surface area (Å²) in [5.74, 6) is 1.65. The van der Waals surface area contributed by atoms with Gasteiger partial charge in [0.2, 0.25) is 0 Å². The van der Waals surface area contributed by atoms with Crippen LogP contribution < -0.4 is 9.80 Å². The Bertz CT molecular complexity index is 975. The summed E-state index contributed by atoms with van der Waals surface area (Å²) >= 11 is 0. The van der Waals surface area contributed by atoms with Gasteiger partial charge >= 0.3 is 0 Å². The summed E-state index contributed by atoms with van der Waals surface area (Å²) in [5.41, 5.74) is 5.31. The number of benzene rings is 1. The Morgan fingerprint density at radius 3 is 2.33 bits per heavy atom. The quantitative estimate of drug-likeness (QED) is 0.778. The van der Waals surface area contributed by atoms with Gasteiger partial charge in [-0.2, -0.15) is 5.26 Å². The first-order valence-corrected chi connectivity index (χ1v) is 9.13.